The fraction of sp³-hybridized carbons (Fsp3) is 0.333. The molecule has 1 aromatic rings. The summed E-state index contributed by atoms with van der Waals surface area (Å²) in [7, 11) is 0. The van der Waals surface area contributed by atoms with Crippen LogP contribution in [0.4, 0.5) is 0 Å². The number of benzene rings is 1. The molecule has 15 heavy (non-hydrogen) atoms. The molecule has 1 heterocycles. The molecule has 0 amide bonds. The molecule has 0 fully saturated rings. The third-order valence-electron chi connectivity index (χ3n) is 2.53. The molecule has 0 atom stereocenters. The highest BCUT2D eigenvalue weighted by molar-refractivity contribution is 6.34. The topological polar surface area (TPSA) is 12.0 Å². The lowest BCUT2D eigenvalue weighted by atomic mass is 10.0. The molecule has 0 radical (unpaired) electrons. The van der Waals surface area contributed by atoms with Crippen molar-refractivity contribution < 1.29 is 0 Å². The van der Waals surface area contributed by atoms with Gasteiger partial charge in [0.05, 0.1) is 0 Å². The molecule has 0 aromatic heterocycles. The van der Waals surface area contributed by atoms with E-state index in [1.54, 1.807) is 6.07 Å². The molecular formula is C12H13Cl2N. The quantitative estimate of drug-likeness (QED) is 0.790. The number of allylic oxidation sites excluding steroid dienone is 1. The minimum Gasteiger partial charge on any atom is -0.313 e. The summed E-state index contributed by atoms with van der Waals surface area (Å²) in [4.78, 5) is 0. The molecule has 0 spiro atoms. The maximum absolute atomic E-state index is 5.98. The van der Waals surface area contributed by atoms with Gasteiger partial charge in [-0.05, 0) is 48.7 Å². The van der Waals surface area contributed by atoms with Gasteiger partial charge in [-0.15, -0.1) is 0 Å². The third kappa shape index (κ3) is 2.97. The van der Waals surface area contributed by atoms with Gasteiger partial charge in [-0.25, -0.2) is 0 Å². The highest BCUT2D eigenvalue weighted by Gasteiger charge is 2.06. The zero-order chi connectivity index (χ0) is 10.7. The molecule has 1 aromatic carbocycles. The number of rotatable bonds is 1. The van der Waals surface area contributed by atoms with Crippen molar-refractivity contribution in [1.29, 1.82) is 0 Å². The Kier molecular flexibility index (Phi) is 3.68. The summed E-state index contributed by atoms with van der Waals surface area (Å²) < 4.78 is 0. The van der Waals surface area contributed by atoms with Crippen LogP contribution in [0.25, 0.3) is 5.57 Å². The first-order valence-electron chi connectivity index (χ1n) is 5.12. The number of hydrogen-bond acceptors (Lipinski definition) is 1. The lowest BCUT2D eigenvalue weighted by Crippen LogP contribution is -2.12. The van der Waals surface area contributed by atoms with Crippen molar-refractivity contribution in [2.75, 3.05) is 13.1 Å². The summed E-state index contributed by atoms with van der Waals surface area (Å²) in [6.45, 7) is 2.01. The molecule has 0 unspecified atom stereocenters. The summed E-state index contributed by atoms with van der Waals surface area (Å²) in [5.41, 5.74) is 2.49. The average molecular weight is 242 g/mol. The Labute approximate surface area is 100 Å². The van der Waals surface area contributed by atoms with Crippen molar-refractivity contribution in [2.45, 2.75) is 12.8 Å². The number of nitrogens with one attached hydrogen (secondary N) is 1. The van der Waals surface area contributed by atoms with Crippen LogP contribution in [-0.4, -0.2) is 13.1 Å². The van der Waals surface area contributed by atoms with Gasteiger partial charge in [-0.1, -0.05) is 29.3 Å². The van der Waals surface area contributed by atoms with Crippen LogP contribution < -0.4 is 5.32 Å². The summed E-state index contributed by atoms with van der Waals surface area (Å²) in [6.07, 6.45) is 4.47. The first kappa shape index (κ1) is 11.0. The number of hydrogen-bond donors (Lipinski definition) is 1. The minimum absolute atomic E-state index is 0.704. The molecule has 0 aliphatic carbocycles. The highest BCUT2D eigenvalue weighted by Crippen LogP contribution is 2.27. The SMILES string of the molecule is Clc1cc(Cl)cc(C2=CCNCCC2)c1. The van der Waals surface area contributed by atoms with Crippen molar-refractivity contribution in [2.24, 2.45) is 0 Å². The van der Waals surface area contributed by atoms with Gasteiger partial charge in [0.15, 0.2) is 0 Å². The standard InChI is InChI=1S/C12H13Cl2N/c13-11-6-10(7-12(14)8-11)9-2-1-4-15-5-3-9/h3,6-8,15H,1-2,4-5H2. The zero-order valence-corrected chi connectivity index (χ0v) is 9.91. The van der Waals surface area contributed by atoms with Crippen LogP contribution in [0, 0.1) is 0 Å². The molecule has 0 saturated carbocycles. The van der Waals surface area contributed by atoms with E-state index >= 15 is 0 Å². The lowest BCUT2D eigenvalue weighted by molar-refractivity contribution is 0.723. The van der Waals surface area contributed by atoms with Gasteiger partial charge >= 0.3 is 0 Å². The fourth-order valence-corrected chi connectivity index (χ4v) is 2.33. The van der Waals surface area contributed by atoms with Crippen molar-refractivity contribution in [3.63, 3.8) is 0 Å². The van der Waals surface area contributed by atoms with Crippen LogP contribution in [0.5, 0.6) is 0 Å². The fourth-order valence-electron chi connectivity index (χ4n) is 1.80. The minimum atomic E-state index is 0.704. The Hall–Kier alpha value is -0.500. The van der Waals surface area contributed by atoms with E-state index in [9.17, 15) is 0 Å². The van der Waals surface area contributed by atoms with Crippen LogP contribution >= 0.6 is 23.2 Å². The van der Waals surface area contributed by atoms with E-state index < -0.39 is 0 Å². The van der Waals surface area contributed by atoms with E-state index in [0.717, 1.165) is 31.5 Å². The lowest BCUT2D eigenvalue weighted by Gasteiger charge is -2.06. The molecule has 1 aliphatic heterocycles. The van der Waals surface area contributed by atoms with Crippen molar-refractivity contribution in [1.82, 2.24) is 5.32 Å². The smallest absolute Gasteiger partial charge is 0.0426 e. The van der Waals surface area contributed by atoms with Crippen molar-refractivity contribution in [3.8, 4) is 0 Å². The normalized spacial score (nSPS) is 17.1. The summed E-state index contributed by atoms with van der Waals surface area (Å²) in [5, 5.41) is 4.74. The van der Waals surface area contributed by atoms with Crippen molar-refractivity contribution >= 4 is 28.8 Å². The molecule has 3 heteroatoms. The van der Waals surface area contributed by atoms with Crippen LogP contribution in [0.15, 0.2) is 24.3 Å². The molecule has 2 rings (SSSR count). The molecule has 80 valence electrons. The van der Waals surface area contributed by atoms with Crippen LogP contribution in [0.2, 0.25) is 10.0 Å². The summed E-state index contributed by atoms with van der Waals surface area (Å²) in [5.74, 6) is 0. The van der Waals surface area contributed by atoms with E-state index in [0.29, 0.717) is 10.0 Å². The molecular weight excluding hydrogens is 229 g/mol. The Morgan fingerprint density at radius 1 is 1.07 bits per heavy atom. The summed E-state index contributed by atoms with van der Waals surface area (Å²) >= 11 is 12.0. The van der Waals surface area contributed by atoms with Crippen LogP contribution in [-0.2, 0) is 0 Å². The maximum atomic E-state index is 5.98. The highest BCUT2D eigenvalue weighted by atomic mass is 35.5. The molecule has 0 saturated heterocycles. The number of halogens is 2. The molecule has 1 N–H and O–H groups in total. The summed E-state index contributed by atoms with van der Waals surface area (Å²) in [6, 6.07) is 5.72. The zero-order valence-electron chi connectivity index (χ0n) is 8.39. The monoisotopic (exact) mass is 241 g/mol. The molecule has 0 bridgehead atoms. The Morgan fingerprint density at radius 2 is 1.80 bits per heavy atom. The van der Waals surface area contributed by atoms with Crippen LogP contribution in [0.3, 0.4) is 0 Å². The second-order valence-corrected chi connectivity index (χ2v) is 4.57. The van der Waals surface area contributed by atoms with E-state index in [4.69, 9.17) is 23.2 Å². The Morgan fingerprint density at radius 3 is 2.53 bits per heavy atom. The first-order chi connectivity index (χ1) is 7.25. The van der Waals surface area contributed by atoms with Crippen LogP contribution in [0.1, 0.15) is 18.4 Å². The molecule has 1 aliphatic rings. The van der Waals surface area contributed by atoms with Gasteiger partial charge in [0.1, 0.15) is 0 Å². The Balaban J connectivity index is 2.31. The van der Waals surface area contributed by atoms with Gasteiger partial charge in [-0.2, -0.15) is 0 Å². The second-order valence-electron chi connectivity index (χ2n) is 3.70. The first-order valence-corrected chi connectivity index (χ1v) is 5.87. The van der Waals surface area contributed by atoms with Crippen molar-refractivity contribution in [3.05, 3.63) is 39.9 Å². The third-order valence-corrected chi connectivity index (χ3v) is 2.96. The van der Waals surface area contributed by atoms with Gasteiger partial charge in [0.2, 0.25) is 0 Å². The predicted octanol–water partition coefficient (Wildman–Crippen LogP) is 3.76. The maximum Gasteiger partial charge on any atom is 0.0426 e. The second kappa shape index (κ2) is 5.02. The van der Waals surface area contributed by atoms with E-state index in [1.807, 2.05) is 12.1 Å². The largest absolute Gasteiger partial charge is 0.313 e. The van der Waals surface area contributed by atoms with Gasteiger partial charge in [0, 0.05) is 16.6 Å². The molecule has 1 nitrogen and oxygen atoms in total. The van der Waals surface area contributed by atoms with E-state index in [1.165, 1.54) is 5.57 Å². The van der Waals surface area contributed by atoms with Gasteiger partial charge in [0.25, 0.3) is 0 Å². The average Bonchev–Trinajstić information content (AvgIpc) is 2.43. The van der Waals surface area contributed by atoms with Gasteiger partial charge in [-0.3, -0.25) is 0 Å². The predicted molar refractivity (Wildman–Crippen MR) is 66.5 cm³/mol. The van der Waals surface area contributed by atoms with Gasteiger partial charge < -0.3 is 5.32 Å². The Bertz CT molecular complexity index is 365. The van der Waals surface area contributed by atoms with E-state index in [-0.39, 0.29) is 0 Å². The van der Waals surface area contributed by atoms with E-state index in [2.05, 4.69) is 11.4 Å².